The number of benzene rings is 2. The van der Waals surface area contributed by atoms with Crippen molar-refractivity contribution >= 4 is 45.6 Å². The van der Waals surface area contributed by atoms with E-state index in [1.807, 2.05) is 42.9 Å². The number of nitrogens with one attached hydrogen (secondary N) is 1. The van der Waals surface area contributed by atoms with Crippen molar-refractivity contribution < 1.29 is 9.90 Å². The average molecular weight is 687 g/mol. The van der Waals surface area contributed by atoms with Crippen LogP contribution in [0.4, 0.5) is 11.5 Å². The molecule has 0 saturated carbocycles. The summed E-state index contributed by atoms with van der Waals surface area (Å²) in [7, 11) is 0. The SMILES string of the molecule is Cc1c(Nc2nccc3cc(CN4CCCC4)cnc23)cccc1-c1cccc(-c2nc3c(Cl)cc(CN4CC[C@@H](C(=O)O)C4)cn3n2)c1C. The molecule has 0 aliphatic carbocycles. The maximum atomic E-state index is 11.4. The largest absolute Gasteiger partial charge is 0.481 e. The highest BCUT2D eigenvalue weighted by Crippen LogP contribution is 2.36. The topological polar surface area (TPSA) is 112 Å². The Bertz CT molecular complexity index is 2250. The first kappa shape index (κ1) is 32.3. The van der Waals surface area contributed by atoms with Crippen LogP contribution in [0.2, 0.25) is 5.02 Å². The molecule has 50 heavy (non-hydrogen) atoms. The van der Waals surface area contributed by atoms with E-state index in [9.17, 15) is 9.90 Å². The molecule has 254 valence electrons. The summed E-state index contributed by atoms with van der Waals surface area (Å²) in [6, 6.07) is 18.7. The first-order valence-corrected chi connectivity index (χ1v) is 17.6. The predicted molar refractivity (Wildman–Crippen MR) is 197 cm³/mol. The van der Waals surface area contributed by atoms with Gasteiger partial charge in [0.2, 0.25) is 0 Å². The van der Waals surface area contributed by atoms with E-state index < -0.39 is 5.97 Å². The lowest BCUT2D eigenvalue weighted by Crippen LogP contribution is -2.23. The van der Waals surface area contributed by atoms with Crippen LogP contribution in [0.25, 0.3) is 39.1 Å². The number of likely N-dealkylation sites (tertiary alicyclic amines) is 2. The zero-order valence-corrected chi connectivity index (χ0v) is 29.0. The molecule has 11 heteroatoms. The van der Waals surface area contributed by atoms with Crippen LogP contribution in [0, 0.1) is 19.8 Å². The van der Waals surface area contributed by atoms with Gasteiger partial charge in [-0.25, -0.2) is 14.5 Å². The molecular weight excluding hydrogens is 648 g/mol. The minimum Gasteiger partial charge on any atom is -0.481 e. The molecule has 2 aromatic carbocycles. The molecule has 2 fully saturated rings. The second kappa shape index (κ2) is 13.4. The highest BCUT2D eigenvalue weighted by molar-refractivity contribution is 6.33. The molecule has 0 radical (unpaired) electrons. The summed E-state index contributed by atoms with van der Waals surface area (Å²) in [5, 5.41) is 19.4. The number of hydrogen-bond acceptors (Lipinski definition) is 8. The third-order valence-electron chi connectivity index (χ3n) is 10.2. The lowest BCUT2D eigenvalue weighted by atomic mass is 9.92. The number of hydrogen-bond donors (Lipinski definition) is 2. The second-order valence-electron chi connectivity index (χ2n) is 13.6. The van der Waals surface area contributed by atoms with Crippen molar-refractivity contribution in [3.05, 3.63) is 100 Å². The molecule has 0 bridgehead atoms. The summed E-state index contributed by atoms with van der Waals surface area (Å²) in [5.41, 5.74) is 9.87. The van der Waals surface area contributed by atoms with Crippen LogP contribution in [-0.4, -0.2) is 71.6 Å². The number of aromatic nitrogens is 5. The maximum absolute atomic E-state index is 11.4. The fourth-order valence-corrected chi connectivity index (χ4v) is 7.75. The first-order chi connectivity index (χ1) is 24.3. The molecule has 8 rings (SSSR count). The Morgan fingerprint density at radius 1 is 0.920 bits per heavy atom. The molecular formula is C39H39ClN8O2. The van der Waals surface area contributed by atoms with E-state index in [1.54, 1.807) is 4.52 Å². The lowest BCUT2D eigenvalue weighted by molar-refractivity contribution is -0.141. The Balaban J connectivity index is 1.06. The van der Waals surface area contributed by atoms with Gasteiger partial charge in [0.1, 0.15) is 5.52 Å². The summed E-state index contributed by atoms with van der Waals surface area (Å²) in [4.78, 5) is 30.4. The quantitative estimate of drug-likeness (QED) is 0.159. The van der Waals surface area contributed by atoms with Gasteiger partial charge in [-0.05, 0) is 110 Å². The minimum absolute atomic E-state index is 0.327. The van der Waals surface area contributed by atoms with Gasteiger partial charge in [0, 0.05) is 54.9 Å². The average Bonchev–Trinajstić information content (AvgIpc) is 3.88. The van der Waals surface area contributed by atoms with Gasteiger partial charge in [0.05, 0.1) is 10.9 Å². The molecule has 0 spiro atoms. The van der Waals surface area contributed by atoms with Crippen LogP contribution in [0.1, 0.15) is 41.5 Å². The van der Waals surface area contributed by atoms with Gasteiger partial charge in [-0.3, -0.25) is 19.6 Å². The van der Waals surface area contributed by atoms with Gasteiger partial charge in [-0.1, -0.05) is 41.9 Å². The molecule has 2 aliphatic heterocycles. The van der Waals surface area contributed by atoms with E-state index in [-0.39, 0.29) is 5.92 Å². The van der Waals surface area contributed by atoms with Crippen molar-refractivity contribution in [3.63, 3.8) is 0 Å². The van der Waals surface area contributed by atoms with Gasteiger partial charge in [0.25, 0.3) is 0 Å². The fraction of sp³-hybridized carbons (Fsp3) is 0.308. The number of carboxylic acid groups (broad SMARTS) is 1. The number of nitrogens with zero attached hydrogens (tertiary/aromatic N) is 7. The molecule has 0 unspecified atom stereocenters. The lowest BCUT2D eigenvalue weighted by Gasteiger charge is -2.17. The van der Waals surface area contributed by atoms with E-state index in [0.29, 0.717) is 36.0 Å². The second-order valence-corrected chi connectivity index (χ2v) is 14.0. The molecule has 0 amide bonds. The molecule has 4 aromatic heterocycles. The maximum Gasteiger partial charge on any atom is 0.307 e. The molecule has 10 nitrogen and oxygen atoms in total. The van der Waals surface area contributed by atoms with E-state index in [1.165, 1.54) is 18.4 Å². The molecule has 1 atom stereocenters. The van der Waals surface area contributed by atoms with Crippen molar-refractivity contribution in [2.24, 2.45) is 5.92 Å². The highest BCUT2D eigenvalue weighted by Gasteiger charge is 2.28. The first-order valence-electron chi connectivity index (χ1n) is 17.2. The number of halogens is 1. The Morgan fingerprint density at radius 3 is 2.48 bits per heavy atom. The number of rotatable bonds is 9. The zero-order valence-electron chi connectivity index (χ0n) is 28.2. The Morgan fingerprint density at radius 2 is 1.68 bits per heavy atom. The minimum atomic E-state index is -0.738. The van der Waals surface area contributed by atoms with Crippen LogP contribution < -0.4 is 5.32 Å². The molecule has 6 heterocycles. The molecule has 6 aromatic rings. The van der Waals surface area contributed by atoms with Crippen molar-refractivity contribution in [1.29, 1.82) is 0 Å². The normalized spacial score (nSPS) is 16.9. The summed E-state index contributed by atoms with van der Waals surface area (Å²) < 4.78 is 1.74. The van der Waals surface area contributed by atoms with Crippen LogP contribution in [0.3, 0.4) is 0 Å². The number of carbonyl (C=O) groups is 1. The van der Waals surface area contributed by atoms with Crippen LogP contribution >= 0.6 is 11.6 Å². The summed E-state index contributed by atoms with van der Waals surface area (Å²) >= 11 is 6.72. The van der Waals surface area contributed by atoms with Crippen molar-refractivity contribution in [3.8, 4) is 22.5 Å². The monoisotopic (exact) mass is 686 g/mol. The van der Waals surface area contributed by atoms with Gasteiger partial charge in [0.15, 0.2) is 17.3 Å². The summed E-state index contributed by atoms with van der Waals surface area (Å²) in [6.07, 6.45) is 8.97. The Labute approximate surface area is 295 Å². The Kier molecular flexibility index (Phi) is 8.68. The van der Waals surface area contributed by atoms with Crippen LogP contribution in [0.5, 0.6) is 0 Å². The predicted octanol–water partition coefficient (Wildman–Crippen LogP) is 7.52. The summed E-state index contributed by atoms with van der Waals surface area (Å²) in [6.45, 7) is 9.35. The summed E-state index contributed by atoms with van der Waals surface area (Å²) in [5.74, 6) is 0.265. The van der Waals surface area contributed by atoms with E-state index in [4.69, 9.17) is 26.7 Å². The van der Waals surface area contributed by atoms with Gasteiger partial charge >= 0.3 is 5.97 Å². The number of carboxylic acids is 1. The molecule has 2 saturated heterocycles. The van der Waals surface area contributed by atoms with Crippen molar-refractivity contribution in [2.75, 3.05) is 31.5 Å². The number of anilines is 2. The zero-order chi connectivity index (χ0) is 34.4. The van der Waals surface area contributed by atoms with Crippen molar-refractivity contribution in [2.45, 2.75) is 46.2 Å². The standard InChI is InChI=1S/C39H39ClN8O2/c1-24-30(7-5-9-32(24)36-44-38-33(40)18-27(22-48(38)45-36)21-47-16-12-29(23-47)39(49)50)31-8-6-10-34(25(31)2)43-37-35-28(11-13-41-37)17-26(19-42-35)20-46-14-3-4-15-46/h5-11,13,17-19,22,29H,3-4,12,14-16,20-21,23H2,1-2H3,(H,41,43)(H,49,50)/t29-/m1/s1. The smallest absolute Gasteiger partial charge is 0.307 e. The van der Waals surface area contributed by atoms with Crippen LogP contribution in [0.15, 0.2) is 73.2 Å². The Hall–Kier alpha value is -4.90. The highest BCUT2D eigenvalue weighted by atomic mass is 35.5. The third kappa shape index (κ3) is 6.30. The molecule has 2 aliphatic rings. The van der Waals surface area contributed by atoms with E-state index in [0.717, 1.165) is 82.0 Å². The third-order valence-corrected chi connectivity index (χ3v) is 10.5. The van der Waals surface area contributed by atoms with Gasteiger partial charge in [-0.15, -0.1) is 5.10 Å². The number of aliphatic carboxylic acids is 1. The fourth-order valence-electron chi connectivity index (χ4n) is 7.48. The van der Waals surface area contributed by atoms with Crippen LogP contribution in [-0.2, 0) is 17.9 Å². The number of fused-ring (bicyclic) bond motifs is 2. The van der Waals surface area contributed by atoms with E-state index >= 15 is 0 Å². The van der Waals surface area contributed by atoms with E-state index in [2.05, 4.69) is 64.3 Å². The van der Waals surface area contributed by atoms with Gasteiger partial charge in [-0.2, -0.15) is 0 Å². The van der Waals surface area contributed by atoms with Crippen molar-refractivity contribution in [1.82, 2.24) is 34.4 Å². The molecule has 2 N–H and O–H groups in total. The van der Waals surface area contributed by atoms with Gasteiger partial charge < -0.3 is 10.4 Å². The number of pyridine rings is 3.